The number of aryl methyl sites for hydroxylation is 2. The molecule has 19 heavy (non-hydrogen) atoms. The van der Waals surface area contributed by atoms with Gasteiger partial charge in [0.05, 0.1) is 24.0 Å². The Morgan fingerprint density at radius 1 is 1.26 bits per heavy atom. The predicted molar refractivity (Wildman–Crippen MR) is 72.5 cm³/mol. The molecule has 0 aliphatic rings. The number of hydrogen-bond acceptors (Lipinski definition) is 4. The molecule has 2 aromatic heterocycles. The van der Waals surface area contributed by atoms with Gasteiger partial charge in [-0.05, 0) is 13.0 Å². The number of rotatable bonds is 4. The maximum Gasteiger partial charge on any atom is 0.208 e. The maximum atomic E-state index is 5.41. The zero-order valence-corrected chi connectivity index (χ0v) is 11.1. The first kappa shape index (κ1) is 11.9. The minimum Gasteiger partial charge on any atom is -0.445 e. The molecule has 0 saturated heterocycles. The first-order chi connectivity index (χ1) is 9.24. The lowest BCUT2D eigenvalue weighted by Gasteiger charge is -1.99. The molecule has 2 heterocycles. The highest BCUT2D eigenvalue weighted by Crippen LogP contribution is 2.17. The number of para-hydroxylation sites is 1. The number of nitrogens with zero attached hydrogens (tertiary/aromatic N) is 3. The van der Waals surface area contributed by atoms with Gasteiger partial charge in [-0.15, -0.1) is 0 Å². The zero-order chi connectivity index (χ0) is 13.2. The minimum absolute atomic E-state index is 0.610. The van der Waals surface area contributed by atoms with Gasteiger partial charge in [0, 0.05) is 19.0 Å². The third kappa shape index (κ3) is 2.37. The van der Waals surface area contributed by atoms with E-state index in [4.69, 9.17) is 4.42 Å². The van der Waals surface area contributed by atoms with Crippen LogP contribution in [0.1, 0.15) is 17.3 Å². The molecular weight excluding hydrogens is 240 g/mol. The first-order valence-corrected chi connectivity index (χ1v) is 6.26. The molecule has 0 atom stereocenters. The molecule has 0 bridgehead atoms. The summed E-state index contributed by atoms with van der Waals surface area (Å²) in [6, 6.07) is 8.22. The Labute approximate surface area is 111 Å². The minimum atomic E-state index is 0.610. The molecule has 98 valence electrons. The molecule has 0 fully saturated rings. The van der Waals surface area contributed by atoms with E-state index in [1.54, 1.807) is 6.20 Å². The van der Waals surface area contributed by atoms with Crippen molar-refractivity contribution in [2.45, 2.75) is 20.0 Å². The molecule has 5 heteroatoms. The van der Waals surface area contributed by atoms with Crippen LogP contribution in [0.15, 0.2) is 34.9 Å². The number of nitrogens with one attached hydrogen (secondary N) is 1. The lowest BCUT2D eigenvalue weighted by Crippen LogP contribution is -2.13. The predicted octanol–water partition coefficient (Wildman–Crippen LogP) is 2.16. The Balaban J connectivity index is 1.72. The molecule has 3 rings (SSSR count). The third-order valence-electron chi connectivity index (χ3n) is 3.07. The molecule has 1 aromatic carbocycles. The Morgan fingerprint density at radius 2 is 2.11 bits per heavy atom. The largest absolute Gasteiger partial charge is 0.445 e. The molecule has 0 spiro atoms. The van der Waals surface area contributed by atoms with E-state index in [0.717, 1.165) is 17.0 Å². The van der Waals surface area contributed by atoms with Crippen LogP contribution in [-0.4, -0.2) is 14.8 Å². The molecule has 5 nitrogen and oxygen atoms in total. The fourth-order valence-electron chi connectivity index (χ4n) is 2.19. The normalized spacial score (nSPS) is 11.3. The highest BCUT2D eigenvalue weighted by molar-refractivity contribution is 5.81. The summed E-state index contributed by atoms with van der Waals surface area (Å²) in [6.45, 7) is 3.20. The second-order valence-electron chi connectivity index (χ2n) is 4.56. The van der Waals surface area contributed by atoms with Crippen molar-refractivity contribution in [1.82, 2.24) is 20.1 Å². The summed E-state index contributed by atoms with van der Waals surface area (Å²) >= 11 is 0. The standard InChI is InChI=1S/C14H16N4O/c1-10-7-16-14(19-10)9-15-8-12-11-5-3-4-6-13(11)18(2)17-12/h3-7,15H,8-9H2,1-2H3. The fourth-order valence-corrected chi connectivity index (χ4v) is 2.19. The summed E-state index contributed by atoms with van der Waals surface area (Å²) in [7, 11) is 1.96. The monoisotopic (exact) mass is 256 g/mol. The topological polar surface area (TPSA) is 55.9 Å². The van der Waals surface area contributed by atoms with Gasteiger partial charge in [-0.25, -0.2) is 4.98 Å². The van der Waals surface area contributed by atoms with Crippen LogP contribution in [0.25, 0.3) is 10.9 Å². The molecule has 0 saturated carbocycles. The Hall–Kier alpha value is -2.14. The zero-order valence-electron chi connectivity index (χ0n) is 11.1. The molecule has 0 aliphatic heterocycles. The van der Waals surface area contributed by atoms with Gasteiger partial charge in [0.25, 0.3) is 0 Å². The highest BCUT2D eigenvalue weighted by atomic mass is 16.4. The van der Waals surface area contributed by atoms with E-state index >= 15 is 0 Å². The van der Waals surface area contributed by atoms with Crippen molar-refractivity contribution in [1.29, 1.82) is 0 Å². The van der Waals surface area contributed by atoms with Crippen molar-refractivity contribution >= 4 is 10.9 Å². The van der Waals surface area contributed by atoms with Gasteiger partial charge in [0.15, 0.2) is 0 Å². The van der Waals surface area contributed by atoms with Crippen molar-refractivity contribution in [3.05, 3.63) is 47.8 Å². The molecule has 0 unspecified atom stereocenters. The van der Waals surface area contributed by atoms with Crippen LogP contribution >= 0.6 is 0 Å². The lowest BCUT2D eigenvalue weighted by atomic mass is 10.2. The number of aromatic nitrogens is 3. The van der Waals surface area contributed by atoms with Gasteiger partial charge >= 0.3 is 0 Å². The van der Waals surface area contributed by atoms with Crippen LogP contribution < -0.4 is 5.32 Å². The summed E-state index contributed by atoms with van der Waals surface area (Å²) in [5, 5.41) is 9.02. The van der Waals surface area contributed by atoms with Crippen LogP contribution in [0.4, 0.5) is 0 Å². The Morgan fingerprint density at radius 3 is 2.89 bits per heavy atom. The smallest absolute Gasteiger partial charge is 0.208 e. The number of hydrogen-bond donors (Lipinski definition) is 1. The molecular formula is C14H16N4O. The van der Waals surface area contributed by atoms with Gasteiger partial charge in [0.1, 0.15) is 5.76 Å². The second-order valence-corrected chi connectivity index (χ2v) is 4.56. The summed E-state index contributed by atoms with van der Waals surface area (Å²) in [5.41, 5.74) is 2.19. The van der Waals surface area contributed by atoms with Crippen molar-refractivity contribution in [3.8, 4) is 0 Å². The average molecular weight is 256 g/mol. The summed E-state index contributed by atoms with van der Waals surface area (Å²) < 4.78 is 7.32. The average Bonchev–Trinajstić information content (AvgIpc) is 2.96. The van der Waals surface area contributed by atoms with E-state index in [1.807, 2.05) is 30.8 Å². The van der Waals surface area contributed by atoms with Crippen molar-refractivity contribution < 1.29 is 4.42 Å². The van der Waals surface area contributed by atoms with E-state index in [2.05, 4.69) is 27.5 Å². The fraction of sp³-hybridized carbons (Fsp3) is 0.286. The summed E-state index contributed by atoms with van der Waals surface area (Å²) in [6.07, 6.45) is 1.73. The van der Waals surface area contributed by atoms with E-state index in [0.29, 0.717) is 19.0 Å². The van der Waals surface area contributed by atoms with Crippen LogP contribution in [0.3, 0.4) is 0 Å². The maximum absolute atomic E-state index is 5.41. The van der Waals surface area contributed by atoms with E-state index in [-0.39, 0.29) is 0 Å². The molecule has 3 aromatic rings. The summed E-state index contributed by atoms with van der Waals surface area (Å²) in [4.78, 5) is 4.16. The molecule has 1 N–H and O–H groups in total. The summed E-state index contributed by atoms with van der Waals surface area (Å²) in [5.74, 6) is 1.54. The van der Waals surface area contributed by atoms with Crippen LogP contribution in [0, 0.1) is 6.92 Å². The van der Waals surface area contributed by atoms with E-state index in [9.17, 15) is 0 Å². The number of fused-ring (bicyclic) bond motifs is 1. The molecule has 0 radical (unpaired) electrons. The van der Waals surface area contributed by atoms with Gasteiger partial charge in [-0.2, -0.15) is 5.10 Å². The van der Waals surface area contributed by atoms with Gasteiger partial charge in [0.2, 0.25) is 5.89 Å². The van der Waals surface area contributed by atoms with Gasteiger partial charge in [-0.1, -0.05) is 18.2 Å². The van der Waals surface area contributed by atoms with Crippen molar-refractivity contribution in [3.63, 3.8) is 0 Å². The van der Waals surface area contributed by atoms with Crippen LogP contribution in [-0.2, 0) is 20.1 Å². The Bertz CT molecular complexity index is 698. The van der Waals surface area contributed by atoms with E-state index < -0.39 is 0 Å². The van der Waals surface area contributed by atoms with E-state index in [1.165, 1.54) is 5.39 Å². The van der Waals surface area contributed by atoms with Gasteiger partial charge < -0.3 is 9.73 Å². The quantitative estimate of drug-likeness (QED) is 0.777. The second kappa shape index (κ2) is 4.85. The molecule has 0 aliphatic carbocycles. The van der Waals surface area contributed by atoms with Crippen molar-refractivity contribution in [2.24, 2.45) is 7.05 Å². The van der Waals surface area contributed by atoms with Gasteiger partial charge in [-0.3, -0.25) is 4.68 Å². The first-order valence-electron chi connectivity index (χ1n) is 6.26. The van der Waals surface area contributed by atoms with Crippen LogP contribution in [0.2, 0.25) is 0 Å². The Kier molecular flexibility index (Phi) is 3.05. The van der Waals surface area contributed by atoms with Crippen molar-refractivity contribution in [2.75, 3.05) is 0 Å². The third-order valence-corrected chi connectivity index (χ3v) is 3.07. The highest BCUT2D eigenvalue weighted by Gasteiger charge is 2.07. The molecule has 0 amide bonds. The number of oxazole rings is 1. The number of benzene rings is 1. The lowest BCUT2D eigenvalue weighted by molar-refractivity contribution is 0.448. The van der Waals surface area contributed by atoms with Crippen LogP contribution in [0.5, 0.6) is 0 Å². The SMILES string of the molecule is Cc1cnc(CNCc2nn(C)c3ccccc23)o1.